The normalized spacial score (nSPS) is 10.9. The summed E-state index contributed by atoms with van der Waals surface area (Å²) in [7, 11) is 0. The maximum atomic E-state index is 13.3. The van der Waals surface area contributed by atoms with E-state index in [4.69, 9.17) is 4.52 Å². The molecule has 0 aliphatic rings. The number of halogens is 1. The quantitative estimate of drug-likeness (QED) is 0.400. The van der Waals surface area contributed by atoms with E-state index in [1.165, 1.54) is 23.9 Å². The molecular weight excluding hydrogens is 421 g/mol. The summed E-state index contributed by atoms with van der Waals surface area (Å²) in [6.07, 6.45) is 3.81. The van der Waals surface area contributed by atoms with Crippen molar-refractivity contribution in [3.8, 4) is 11.4 Å². The van der Waals surface area contributed by atoms with Crippen LogP contribution in [0.1, 0.15) is 23.7 Å². The van der Waals surface area contributed by atoms with Crippen LogP contribution in [-0.4, -0.2) is 36.2 Å². The topological polar surface area (TPSA) is 122 Å². The molecule has 1 aromatic carbocycles. The number of pyridine rings is 1. The van der Waals surface area contributed by atoms with Crippen molar-refractivity contribution in [1.82, 2.24) is 30.3 Å². The average Bonchev–Trinajstić information content (AvgIpc) is 3.43. The third kappa shape index (κ3) is 5.51. The van der Waals surface area contributed by atoms with Crippen molar-refractivity contribution in [2.24, 2.45) is 0 Å². The van der Waals surface area contributed by atoms with E-state index in [0.29, 0.717) is 34.1 Å². The van der Waals surface area contributed by atoms with Gasteiger partial charge in [0.25, 0.3) is 0 Å². The van der Waals surface area contributed by atoms with Crippen LogP contribution in [-0.2, 0) is 17.0 Å². The van der Waals surface area contributed by atoms with Crippen molar-refractivity contribution in [3.05, 3.63) is 65.8 Å². The molecule has 9 nitrogen and oxygen atoms in total. The van der Waals surface area contributed by atoms with Gasteiger partial charge < -0.3 is 9.84 Å². The van der Waals surface area contributed by atoms with Crippen LogP contribution in [0, 0.1) is 12.7 Å². The number of rotatable bonds is 8. The second kappa shape index (κ2) is 9.47. The fourth-order valence-corrected chi connectivity index (χ4v) is 3.33. The molecule has 0 bridgehead atoms. The monoisotopic (exact) mass is 439 g/mol. The van der Waals surface area contributed by atoms with Crippen molar-refractivity contribution in [1.29, 1.82) is 0 Å². The van der Waals surface area contributed by atoms with E-state index < -0.39 is 5.82 Å². The van der Waals surface area contributed by atoms with Gasteiger partial charge in [0.15, 0.2) is 11.6 Å². The summed E-state index contributed by atoms with van der Waals surface area (Å²) in [6.45, 7) is 1.80. The number of carbonyl (C=O) groups is 1. The molecule has 11 heteroatoms. The number of amides is 1. The summed E-state index contributed by atoms with van der Waals surface area (Å²) >= 11 is 1.36. The first-order valence-corrected chi connectivity index (χ1v) is 10.4. The molecule has 0 aliphatic carbocycles. The van der Waals surface area contributed by atoms with Crippen LogP contribution in [0.5, 0.6) is 0 Å². The molecule has 2 N–H and O–H groups in total. The second-order valence-electron chi connectivity index (χ2n) is 6.61. The Morgan fingerprint density at radius 1 is 1.29 bits per heavy atom. The van der Waals surface area contributed by atoms with Gasteiger partial charge in [-0.05, 0) is 36.8 Å². The standard InChI is InChI=1S/C20H18FN7O2S/c1-12-4-5-14(21)9-15(12)23-17(29)6-7-18-24-16(28-30-18)11-31-20-25-19(26-27-20)13-3-2-8-22-10-13/h2-5,8-10H,6-7,11H2,1H3,(H,23,29)(H,25,26,27). The zero-order chi connectivity index (χ0) is 21.6. The predicted molar refractivity (Wildman–Crippen MR) is 112 cm³/mol. The fraction of sp³-hybridized carbons (Fsp3) is 0.200. The number of hydrogen-bond acceptors (Lipinski definition) is 8. The number of carbonyl (C=O) groups excluding carboxylic acids is 1. The van der Waals surface area contributed by atoms with Crippen LogP contribution in [0.3, 0.4) is 0 Å². The van der Waals surface area contributed by atoms with Gasteiger partial charge in [-0.2, -0.15) is 4.98 Å². The van der Waals surface area contributed by atoms with Gasteiger partial charge in [0.2, 0.25) is 17.0 Å². The average molecular weight is 439 g/mol. The molecule has 1 amide bonds. The van der Waals surface area contributed by atoms with Gasteiger partial charge >= 0.3 is 0 Å². The highest BCUT2D eigenvalue weighted by atomic mass is 32.2. The number of nitrogens with one attached hydrogen (secondary N) is 2. The molecule has 0 spiro atoms. The molecule has 3 heterocycles. The molecule has 4 aromatic rings. The molecule has 31 heavy (non-hydrogen) atoms. The minimum atomic E-state index is -0.404. The lowest BCUT2D eigenvalue weighted by atomic mass is 10.2. The number of nitrogens with zero attached hydrogens (tertiary/aromatic N) is 5. The maximum absolute atomic E-state index is 13.3. The van der Waals surface area contributed by atoms with Crippen LogP contribution in [0.2, 0.25) is 0 Å². The highest BCUT2D eigenvalue weighted by molar-refractivity contribution is 7.98. The minimum Gasteiger partial charge on any atom is -0.339 e. The second-order valence-corrected chi connectivity index (χ2v) is 7.55. The number of benzene rings is 1. The number of H-pyrrole nitrogens is 1. The van der Waals surface area contributed by atoms with Crippen LogP contribution in [0.25, 0.3) is 11.4 Å². The Morgan fingerprint density at radius 2 is 2.19 bits per heavy atom. The summed E-state index contributed by atoms with van der Waals surface area (Å²) in [4.78, 5) is 24.9. The number of aromatic nitrogens is 6. The molecule has 0 aliphatic heterocycles. The van der Waals surface area contributed by atoms with Crippen molar-refractivity contribution in [2.75, 3.05) is 5.32 Å². The van der Waals surface area contributed by atoms with Gasteiger partial charge in [-0.15, -0.1) is 5.10 Å². The number of thioether (sulfide) groups is 1. The third-order valence-electron chi connectivity index (χ3n) is 4.28. The molecule has 0 atom stereocenters. The molecule has 4 rings (SSSR count). The number of hydrogen-bond donors (Lipinski definition) is 2. The largest absolute Gasteiger partial charge is 0.339 e. The Hall–Kier alpha value is -3.60. The first-order valence-electron chi connectivity index (χ1n) is 9.40. The summed E-state index contributed by atoms with van der Waals surface area (Å²) in [5.41, 5.74) is 2.07. The Labute approximate surface area is 180 Å². The Balaban J connectivity index is 1.26. The molecule has 0 saturated heterocycles. The van der Waals surface area contributed by atoms with Crippen molar-refractivity contribution in [3.63, 3.8) is 0 Å². The van der Waals surface area contributed by atoms with Crippen LogP contribution in [0.15, 0.2) is 52.4 Å². The predicted octanol–water partition coefficient (Wildman–Crippen LogP) is 3.56. The van der Waals surface area contributed by atoms with E-state index in [9.17, 15) is 9.18 Å². The first kappa shape index (κ1) is 20.7. The van der Waals surface area contributed by atoms with Crippen molar-refractivity contribution < 1.29 is 13.7 Å². The molecule has 0 fully saturated rings. The van der Waals surface area contributed by atoms with E-state index in [1.807, 2.05) is 12.1 Å². The van der Waals surface area contributed by atoms with Gasteiger partial charge in [-0.1, -0.05) is 23.0 Å². The lowest BCUT2D eigenvalue weighted by Crippen LogP contribution is -2.13. The highest BCUT2D eigenvalue weighted by Crippen LogP contribution is 2.21. The zero-order valence-electron chi connectivity index (χ0n) is 16.5. The Bertz CT molecular complexity index is 1180. The third-order valence-corrected chi connectivity index (χ3v) is 5.12. The van der Waals surface area contributed by atoms with Crippen LogP contribution in [0.4, 0.5) is 10.1 Å². The smallest absolute Gasteiger partial charge is 0.227 e. The summed E-state index contributed by atoms with van der Waals surface area (Å²) in [6, 6.07) is 7.96. The van der Waals surface area contributed by atoms with E-state index in [2.05, 4.69) is 35.6 Å². The number of aryl methyl sites for hydroxylation is 2. The molecule has 0 radical (unpaired) electrons. The highest BCUT2D eigenvalue weighted by Gasteiger charge is 2.13. The number of aromatic amines is 1. The fourth-order valence-electron chi connectivity index (χ4n) is 2.68. The van der Waals surface area contributed by atoms with E-state index in [-0.39, 0.29) is 18.7 Å². The molecule has 158 valence electrons. The molecular formula is C20H18FN7O2S. The molecule has 0 unspecified atom stereocenters. The summed E-state index contributed by atoms with van der Waals surface area (Å²) in [5.74, 6) is 1.22. The zero-order valence-corrected chi connectivity index (χ0v) is 17.3. The van der Waals surface area contributed by atoms with Crippen LogP contribution >= 0.6 is 11.8 Å². The number of anilines is 1. The van der Waals surface area contributed by atoms with E-state index in [0.717, 1.165) is 11.1 Å². The van der Waals surface area contributed by atoms with Gasteiger partial charge in [0.1, 0.15) is 5.82 Å². The van der Waals surface area contributed by atoms with Gasteiger partial charge in [-0.25, -0.2) is 9.37 Å². The molecule has 0 saturated carbocycles. The maximum Gasteiger partial charge on any atom is 0.227 e. The van der Waals surface area contributed by atoms with E-state index in [1.54, 1.807) is 25.4 Å². The molecule has 3 aromatic heterocycles. The Morgan fingerprint density at radius 3 is 3.03 bits per heavy atom. The van der Waals surface area contributed by atoms with Crippen molar-refractivity contribution in [2.45, 2.75) is 30.7 Å². The van der Waals surface area contributed by atoms with Crippen LogP contribution < -0.4 is 5.32 Å². The van der Waals surface area contributed by atoms with Gasteiger partial charge in [-0.3, -0.25) is 14.9 Å². The van der Waals surface area contributed by atoms with Gasteiger partial charge in [0, 0.05) is 36.5 Å². The summed E-state index contributed by atoms with van der Waals surface area (Å²) < 4.78 is 18.5. The lowest BCUT2D eigenvalue weighted by molar-refractivity contribution is -0.116. The minimum absolute atomic E-state index is 0.139. The SMILES string of the molecule is Cc1ccc(F)cc1NC(=O)CCc1nc(CSc2n[nH]c(-c3cccnc3)n2)no1. The van der Waals surface area contributed by atoms with Gasteiger partial charge in [0.05, 0.1) is 5.75 Å². The van der Waals surface area contributed by atoms with Crippen molar-refractivity contribution >= 4 is 23.4 Å². The lowest BCUT2D eigenvalue weighted by Gasteiger charge is -2.07. The summed E-state index contributed by atoms with van der Waals surface area (Å²) in [5, 5.41) is 14.2. The van der Waals surface area contributed by atoms with E-state index >= 15 is 0 Å². The Kier molecular flexibility index (Phi) is 6.32. The first-order chi connectivity index (χ1) is 15.1.